The van der Waals surface area contributed by atoms with Gasteiger partial charge in [0, 0.05) is 43.7 Å². The second-order valence-electron chi connectivity index (χ2n) is 16.9. The van der Waals surface area contributed by atoms with Gasteiger partial charge in [0.15, 0.2) is 0 Å². The molecule has 2 heteroatoms. The second-order valence-corrected chi connectivity index (χ2v) is 16.9. The predicted molar refractivity (Wildman–Crippen MR) is 236 cm³/mol. The van der Waals surface area contributed by atoms with Crippen molar-refractivity contribution in [3.63, 3.8) is 0 Å². The zero-order valence-corrected chi connectivity index (χ0v) is 32.1. The number of para-hydroxylation sites is 2. The van der Waals surface area contributed by atoms with Gasteiger partial charge in [-0.25, -0.2) is 0 Å². The number of fused-ring (bicyclic) bond motifs is 13. The first kappa shape index (κ1) is 31.7. The van der Waals surface area contributed by atoms with Crippen molar-refractivity contribution in [2.75, 3.05) is 0 Å². The minimum absolute atomic E-state index is 0.0596. The van der Waals surface area contributed by atoms with Crippen LogP contribution in [0.2, 0.25) is 0 Å². The van der Waals surface area contributed by atoms with Crippen LogP contribution in [0.1, 0.15) is 49.9 Å². The van der Waals surface area contributed by atoms with Crippen LogP contribution in [-0.4, -0.2) is 9.13 Å². The van der Waals surface area contributed by atoms with E-state index in [1.165, 1.54) is 111 Å². The van der Waals surface area contributed by atoms with Crippen LogP contribution in [0.3, 0.4) is 0 Å². The predicted octanol–water partition coefficient (Wildman–Crippen LogP) is 14.2. The zero-order valence-electron chi connectivity index (χ0n) is 32.1. The summed E-state index contributed by atoms with van der Waals surface area (Å²) in [5, 5.41) is 5.11. The Kier molecular flexibility index (Phi) is 6.22. The van der Waals surface area contributed by atoms with Gasteiger partial charge in [0.25, 0.3) is 0 Å². The van der Waals surface area contributed by atoms with Gasteiger partial charge in [-0.3, -0.25) is 0 Å². The van der Waals surface area contributed by atoms with Crippen LogP contribution in [0.5, 0.6) is 0 Å². The molecule has 10 aromatic rings. The first-order valence-electron chi connectivity index (χ1n) is 19.9. The van der Waals surface area contributed by atoms with Crippen molar-refractivity contribution in [2.45, 2.75) is 38.5 Å². The number of hydrogen-bond acceptors (Lipinski definition) is 0. The number of rotatable bonds is 3. The molecule has 0 unspecified atom stereocenters. The Morgan fingerprint density at radius 3 is 1.64 bits per heavy atom. The fourth-order valence-corrected chi connectivity index (χ4v) is 10.6. The molecule has 2 nitrogen and oxygen atoms in total. The Hall–Kier alpha value is -6.64. The van der Waals surface area contributed by atoms with Gasteiger partial charge in [-0.15, -0.1) is 0 Å². The number of hydrogen-bond donors (Lipinski definition) is 0. The quantitative estimate of drug-likeness (QED) is 0.172. The molecule has 0 N–H and O–H groups in total. The Morgan fingerprint density at radius 1 is 0.339 bits per heavy atom. The molecule has 0 spiro atoms. The highest BCUT2D eigenvalue weighted by atomic mass is 15.0. The third-order valence-corrected chi connectivity index (χ3v) is 13.3. The lowest BCUT2D eigenvalue weighted by molar-refractivity contribution is 0.660. The monoisotopic (exact) mass is 716 g/mol. The molecule has 56 heavy (non-hydrogen) atoms. The summed E-state index contributed by atoms with van der Waals surface area (Å²) in [6.45, 7) is 9.51. The van der Waals surface area contributed by atoms with Gasteiger partial charge in [0.2, 0.25) is 0 Å². The van der Waals surface area contributed by atoms with Crippen molar-refractivity contribution in [2.24, 2.45) is 0 Å². The molecule has 2 aliphatic rings. The standard InChI is InChI=1S/C54H40N2/c1-53(2)45-19-11-8-16-37(45)39-25-24-36(32-47(39)53)55-48-21-13-10-18-40(48)43-30-33(22-28-49(43)55)34-23-29-50-44(31-34)42-27-26-41-38-17-9-12-20-46(38)54(3,4)51(41)52(42)56(50)35-14-6-5-7-15-35/h5-32H,1-4H3. The van der Waals surface area contributed by atoms with Crippen LogP contribution in [-0.2, 0) is 10.8 Å². The molecule has 2 aliphatic carbocycles. The minimum atomic E-state index is -0.132. The summed E-state index contributed by atoms with van der Waals surface area (Å²) in [5.74, 6) is 0. The minimum Gasteiger partial charge on any atom is -0.309 e. The van der Waals surface area contributed by atoms with Crippen molar-refractivity contribution in [1.82, 2.24) is 9.13 Å². The van der Waals surface area contributed by atoms with E-state index in [9.17, 15) is 0 Å². The lowest BCUT2D eigenvalue weighted by Gasteiger charge is -2.23. The maximum atomic E-state index is 2.51. The highest BCUT2D eigenvalue weighted by molar-refractivity contribution is 6.15. The molecule has 0 amide bonds. The summed E-state index contributed by atoms with van der Waals surface area (Å²) < 4.78 is 4.97. The maximum absolute atomic E-state index is 2.51. The Bertz CT molecular complexity index is 3300. The van der Waals surface area contributed by atoms with Gasteiger partial charge in [-0.05, 0) is 110 Å². The van der Waals surface area contributed by atoms with Gasteiger partial charge in [-0.1, -0.05) is 143 Å². The molecule has 0 radical (unpaired) electrons. The van der Waals surface area contributed by atoms with E-state index in [2.05, 4.69) is 207 Å². The van der Waals surface area contributed by atoms with Gasteiger partial charge >= 0.3 is 0 Å². The summed E-state index contributed by atoms with van der Waals surface area (Å²) in [6.07, 6.45) is 0. The summed E-state index contributed by atoms with van der Waals surface area (Å²) in [6, 6.07) is 63.6. The van der Waals surface area contributed by atoms with E-state index in [0.717, 1.165) is 0 Å². The lowest BCUT2D eigenvalue weighted by Crippen LogP contribution is -2.16. The molecule has 0 fully saturated rings. The highest BCUT2D eigenvalue weighted by Crippen LogP contribution is 2.53. The molecular formula is C54H40N2. The third-order valence-electron chi connectivity index (χ3n) is 13.3. The summed E-state index contributed by atoms with van der Waals surface area (Å²) in [4.78, 5) is 0. The van der Waals surface area contributed by atoms with Crippen molar-refractivity contribution >= 4 is 43.6 Å². The molecule has 2 heterocycles. The second kappa shape index (κ2) is 11.0. The largest absolute Gasteiger partial charge is 0.309 e. The molecule has 0 saturated carbocycles. The maximum Gasteiger partial charge on any atom is 0.0588 e. The van der Waals surface area contributed by atoms with Gasteiger partial charge in [0.1, 0.15) is 0 Å². The summed E-state index contributed by atoms with van der Waals surface area (Å²) >= 11 is 0. The molecule has 2 aromatic heterocycles. The van der Waals surface area contributed by atoms with E-state index in [-0.39, 0.29) is 10.8 Å². The van der Waals surface area contributed by atoms with E-state index in [1.54, 1.807) is 0 Å². The van der Waals surface area contributed by atoms with Crippen molar-refractivity contribution in [3.8, 4) is 44.8 Å². The molecule has 0 bridgehead atoms. The number of nitrogens with zero attached hydrogens (tertiary/aromatic N) is 2. The summed E-state index contributed by atoms with van der Waals surface area (Å²) in [7, 11) is 0. The van der Waals surface area contributed by atoms with Crippen molar-refractivity contribution in [1.29, 1.82) is 0 Å². The molecule has 12 rings (SSSR count). The third kappa shape index (κ3) is 4.06. The smallest absolute Gasteiger partial charge is 0.0588 e. The van der Waals surface area contributed by atoms with Gasteiger partial charge in [-0.2, -0.15) is 0 Å². The number of aromatic nitrogens is 2. The van der Waals surface area contributed by atoms with Gasteiger partial charge < -0.3 is 9.13 Å². The zero-order chi connectivity index (χ0) is 37.5. The van der Waals surface area contributed by atoms with E-state index in [4.69, 9.17) is 0 Å². The SMILES string of the molecule is CC1(C)c2ccccc2-c2ccc(-n3c4ccccc4c4cc(-c5ccc6c(c5)c5ccc7c(c5n6-c5ccccc5)C(C)(C)c5ccccc5-7)ccc43)cc21. The van der Waals surface area contributed by atoms with E-state index in [0.29, 0.717) is 0 Å². The van der Waals surface area contributed by atoms with E-state index in [1.807, 2.05) is 0 Å². The average molecular weight is 717 g/mol. The van der Waals surface area contributed by atoms with Crippen LogP contribution < -0.4 is 0 Å². The highest BCUT2D eigenvalue weighted by Gasteiger charge is 2.39. The van der Waals surface area contributed by atoms with Gasteiger partial charge in [0.05, 0.1) is 22.1 Å². The molecule has 8 aromatic carbocycles. The van der Waals surface area contributed by atoms with Crippen LogP contribution in [0.25, 0.3) is 88.4 Å². The Labute approximate surface area is 326 Å². The van der Waals surface area contributed by atoms with Crippen molar-refractivity contribution < 1.29 is 0 Å². The normalized spacial score (nSPS) is 14.7. The fraction of sp³-hybridized carbons (Fsp3) is 0.111. The first-order valence-corrected chi connectivity index (χ1v) is 19.9. The molecule has 0 aliphatic heterocycles. The van der Waals surface area contributed by atoms with E-state index < -0.39 is 0 Å². The van der Waals surface area contributed by atoms with Crippen LogP contribution in [0, 0.1) is 0 Å². The topological polar surface area (TPSA) is 9.86 Å². The Balaban J connectivity index is 1.06. The van der Waals surface area contributed by atoms with Crippen molar-refractivity contribution in [3.05, 3.63) is 192 Å². The number of benzene rings is 8. The van der Waals surface area contributed by atoms with E-state index >= 15 is 0 Å². The average Bonchev–Trinajstić information content (AvgIpc) is 3.89. The lowest BCUT2D eigenvalue weighted by atomic mass is 9.81. The fourth-order valence-electron chi connectivity index (χ4n) is 10.6. The molecule has 0 atom stereocenters. The molecular weight excluding hydrogens is 677 g/mol. The summed E-state index contributed by atoms with van der Waals surface area (Å²) in [5.41, 5.74) is 20.6. The van der Waals surface area contributed by atoms with Crippen LogP contribution in [0.15, 0.2) is 170 Å². The Morgan fingerprint density at radius 2 is 0.893 bits per heavy atom. The molecule has 0 saturated heterocycles. The van der Waals surface area contributed by atoms with Crippen LogP contribution in [0.4, 0.5) is 0 Å². The molecule has 266 valence electrons. The first-order chi connectivity index (χ1) is 27.3. The van der Waals surface area contributed by atoms with Crippen LogP contribution >= 0.6 is 0 Å².